The monoisotopic (exact) mass is 291 g/mol. The standard InChI is InChI=1S/C19H33NO/c1-15(2)13-20-14-19(9-10-21-16(3)4)12-18-8-6-7-17(5)11-18/h6-8,11,15-16,19-20H,9-10,12-14H2,1-5H3. The normalized spacial score (nSPS) is 13.1. The fraction of sp³-hybridized carbons (Fsp3) is 0.684. The summed E-state index contributed by atoms with van der Waals surface area (Å²) in [5, 5.41) is 3.60. The van der Waals surface area contributed by atoms with Crippen molar-refractivity contribution in [2.75, 3.05) is 19.7 Å². The second-order valence-electron chi connectivity index (χ2n) is 6.82. The molecule has 0 bridgehead atoms. The maximum atomic E-state index is 5.73. The van der Waals surface area contributed by atoms with Crippen LogP contribution in [0.1, 0.15) is 45.2 Å². The molecule has 1 rings (SSSR count). The minimum Gasteiger partial charge on any atom is -0.379 e. The van der Waals surface area contributed by atoms with E-state index in [9.17, 15) is 0 Å². The van der Waals surface area contributed by atoms with E-state index in [0.717, 1.165) is 32.5 Å². The predicted molar refractivity (Wildman–Crippen MR) is 91.8 cm³/mol. The molecule has 0 aliphatic carbocycles. The van der Waals surface area contributed by atoms with Gasteiger partial charge in [-0.3, -0.25) is 0 Å². The molecule has 0 heterocycles. The molecule has 0 radical (unpaired) electrons. The molecule has 2 heteroatoms. The fourth-order valence-electron chi connectivity index (χ4n) is 2.50. The molecule has 0 aliphatic rings. The van der Waals surface area contributed by atoms with Crippen LogP contribution < -0.4 is 5.32 Å². The van der Waals surface area contributed by atoms with E-state index < -0.39 is 0 Å². The Hall–Kier alpha value is -0.860. The number of aryl methyl sites for hydroxylation is 1. The van der Waals surface area contributed by atoms with E-state index in [0.29, 0.717) is 17.9 Å². The van der Waals surface area contributed by atoms with Crippen molar-refractivity contribution in [3.05, 3.63) is 35.4 Å². The van der Waals surface area contributed by atoms with Gasteiger partial charge in [-0.2, -0.15) is 0 Å². The summed E-state index contributed by atoms with van der Waals surface area (Å²) < 4.78 is 5.73. The maximum absolute atomic E-state index is 5.73. The maximum Gasteiger partial charge on any atom is 0.0518 e. The molecule has 0 saturated heterocycles. The van der Waals surface area contributed by atoms with Crippen LogP contribution in [0.3, 0.4) is 0 Å². The average molecular weight is 291 g/mol. The van der Waals surface area contributed by atoms with Crippen molar-refractivity contribution in [1.82, 2.24) is 5.32 Å². The summed E-state index contributed by atoms with van der Waals surface area (Å²) >= 11 is 0. The van der Waals surface area contributed by atoms with Gasteiger partial charge in [0.05, 0.1) is 6.10 Å². The summed E-state index contributed by atoms with van der Waals surface area (Å²) in [5.41, 5.74) is 2.79. The van der Waals surface area contributed by atoms with Crippen molar-refractivity contribution in [1.29, 1.82) is 0 Å². The van der Waals surface area contributed by atoms with Crippen molar-refractivity contribution in [3.63, 3.8) is 0 Å². The van der Waals surface area contributed by atoms with Crippen LogP contribution in [0.25, 0.3) is 0 Å². The summed E-state index contributed by atoms with van der Waals surface area (Å²) in [7, 11) is 0. The lowest BCUT2D eigenvalue weighted by atomic mass is 9.95. The third kappa shape index (κ3) is 8.90. The number of benzene rings is 1. The molecule has 0 amide bonds. The molecule has 1 atom stereocenters. The summed E-state index contributed by atoms with van der Waals surface area (Å²) in [4.78, 5) is 0. The van der Waals surface area contributed by atoms with Gasteiger partial charge in [0, 0.05) is 6.61 Å². The average Bonchev–Trinajstić information content (AvgIpc) is 2.37. The highest BCUT2D eigenvalue weighted by atomic mass is 16.5. The molecule has 1 N–H and O–H groups in total. The summed E-state index contributed by atoms with van der Waals surface area (Å²) in [6.07, 6.45) is 2.58. The SMILES string of the molecule is Cc1cccc(CC(CCOC(C)C)CNCC(C)C)c1. The van der Waals surface area contributed by atoms with Crippen molar-refractivity contribution >= 4 is 0 Å². The second kappa shape index (κ2) is 9.97. The van der Waals surface area contributed by atoms with Crippen molar-refractivity contribution in [2.24, 2.45) is 11.8 Å². The molecule has 120 valence electrons. The quantitative estimate of drug-likeness (QED) is 0.697. The highest BCUT2D eigenvalue weighted by molar-refractivity contribution is 5.22. The van der Waals surface area contributed by atoms with Gasteiger partial charge in [-0.05, 0) is 64.1 Å². The minimum absolute atomic E-state index is 0.327. The first-order chi connectivity index (χ1) is 9.97. The third-order valence-corrected chi connectivity index (χ3v) is 3.57. The molecule has 0 aliphatic heterocycles. The number of hydrogen-bond donors (Lipinski definition) is 1. The Kier molecular flexibility index (Phi) is 8.63. The highest BCUT2D eigenvalue weighted by Crippen LogP contribution is 2.14. The van der Waals surface area contributed by atoms with E-state index >= 15 is 0 Å². The predicted octanol–water partition coefficient (Wildman–Crippen LogP) is 4.21. The molecule has 2 nitrogen and oxygen atoms in total. The molecule has 21 heavy (non-hydrogen) atoms. The molecule has 0 fully saturated rings. The van der Waals surface area contributed by atoms with Crippen molar-refractivity contribution in [3.8, 4) is 0 Å². The van der Waals surface area contributed by atoms with Gasteiger partial charge < -0.3 is 10.1 Å². The van der Waals surface area contributed by atoms with Gasteiger partial charge in [0.25, 0.3) is 0 Å². The zero-order chi connectivity index (χ0) is 15.7. The Morgan fingerprint density at radius 3 is 2.48 bits per heavy atom. The Balaban J connectivity index is 2.49. The topological polar surface area (TPSA) is 21.3 Å². The van der Waals surface area contributed by atoms with Gasteiger partial charge in [0.2, 0.25) is 0 Å². The van der Waals surface area contributed by atoms with Gasteiger partial charge in [0.1, 0.15) is 0 Å². The van der Waals surface area contributed by atoms with E-state index in [-0.39, 0.29) is 0 Å². The lowest BCUT2D eigenvalue weighted by Gasteiger charge is -2.19. The first-order valence-corrected chi connectivity index (χ1v) is 8.35. The molecule has 1 aromatic rings. The Morgan fingerprint density at radius 1 is 1.10 bits per heavy atom. The highest BCUT2D eigenvalue weighted by Gasteiger charge is 2.11. The van der Waals surface area contributed by atoms with E-state index in [4.69, 9.17) is 4.74 Å². The van der Waals surface area contributed by atoms with E-state index in [1.165, 1.54) is 11.1 Å². The molecular weight excluding hydrogens is 258 g/mol. The zero-order valence-electron chi connectivity index (χ0n) is 14.5. The molecule has 1 unspecified atom stereocenters. The van der Waals surface area contributed by atoms with Crippen LogP contribution in [0.4, 0.5) is 0 Å². The summed E-state index contributed by atoms with van der Waals surface area (Å²) in [6.45, 7) is 13.9. The number of ether oxygens (including phenoxy) is 1. The minimum atomic E-state index is 0.327. The van der Waals surface area contributed by atoms with Crippen LogP contribution in [0.5, 0.6) is 0 Å². The first-order valence-electron chi connectivity index (χ1n) is 8.35. The van der Waals surface area contributed by atoms with Crippen molar-refractivity contribution in [2.45, 2.75) is 53.6 Å². The fourth-order valence-corrected chi connectivity index (χ4v) is 2.50. The van der Waals surface area contributed by atoms with Crippen LogP contribution in [0.2, 0.25) is 0 Å². The van der Waals surface area contributed by atoms with Crippen LogP contribution in [-0.2, 0) is 11.2 Å². The van der Waals surface area contributed by atoms with Gasteiger partial charge >= 0.3 is 0 Å². The largest absolute Gasteiger partial charge is 0.379 e. The molecular formula is C19H33NO. The molecule has 0 saturated carbocycles. The first kappa shape index (κ1) is 18.2. The third-order valence-electron chi connectivity index (χ3n) is 3.57. The summed E-state index contributed by atoms with van der Waals surface area (Å²) in [6, 6.07) is 8.87. The van der Waals surface area contributed by atoms with E-state index in [1.54, 1.807) is 0 Å². The zero-order valence-corrected chi connectivity index (χ0v) is 14.5. The Morgan fingerprint density at radius 2 is 1.86 bits per heavy atom. The second-order valence-corrected chi connectivity index (χ2v) is 6.82. The summed E-state index contributed by atoms with van der Waals surface area (Å²) in [5.74, 6) is 1.35. The number of nitrogens with one attached hydrogen (secondary N) is 1. The number of hydrogen-bond acceptors (Lipinski definition) is 2. The van der Waals surface area contributed by atoms with Gasteiger partial charge in [-0.25, -0.2) is 0 Å². The van der Waals surface area contributed by atoms with Crippen molar-refractivity contribution < 1.29 is 4.74 Å². The van der Waals surface area contributed by atoms with E-state index in [1.807, 2.05) is 0 Å². The van der Waals surface area contributed by atoms with Gasteiger partial charge in [0.15, 0.2) is 0 Å². The number of rotatable bonds is 10. The molecule has 0 aromatic heterocycles. The smallest absolute Gasteiger partial charge is 0.0518 e. The van der Waals surface area contributed by atoms with Crippen LogP contribution in [0.15, 0.2) is 24.3 Å². The van der Waals surface area contributed by atoms with Crippen LogP contribution in [0, 0.1) is 18.8 Å². The lowest BCUT2D eigenvalue weighted by molar-refractivity contribution is 0.0682. The Labute approximate surface area is 131 Å². The Bertz CT molecular complexity index is 373. The van der Waals surface area contributed by atoms with Crippen LogP contribution in [-0.4, -0.2) is 25.8 Å². The van der Waals surface area contributed by atoms with Gasteiger partial charge in [-0.1, -0.05) is 43.7 Å². The van der Waals surface area contributed by atoms with E-state index in [2.05, 4.69) is 64.2 Å². The molecule has 0 spiro atoms. The molecule has 1 aromatic carbocycles. The van der Waals surface area contributed by atoms with Gasteiger partial charge in [-0.15, -0.1) is 0 Å². The lowest BCUT2D eigenvalue weighted by Crippen LogP contribution is -2.28. The van der Waals surface area contributed by atoms with Crippen LogP contribution >= 0.6 is 0 Å².